The van der Waals surface area contributed by atoms with Crippen molar-refractivity contribution in [3.63, 3.8) is 0 Å². The van der Waals surface area contributed by atoms with E-state index in [2.05, 4.69) is 0 Å². The maximum Gasteiger partial charge on any atom is 0.320 e. The average molecular weight is 384 g/mol. The van der Waals surface area contributed by atoms with E-state index in [0.717, 1.165) is 50.9 Å². The van der Waals surface area contributed by atoms with Crippen LogP contribution >= 0.6 is 0 Å². The Morgan fingerprint density at radius 3 is 2.50 bits per heavy atom. The zero-order valence-corrected chi connectivity index (χ0v) is 16.4. The van der Waals surface area contributed by atoms with Gasteiger partial charge in [0.2, 0.25) is 5.91 Å². The zero-order valence-electron chi connectivity index (χ0n) is 16.4. The summed E-state index contributed by atoms with van der Waals surface area (Å²) in [5, 5.41) is 9.78. The quantitative estimate of drug-likeness (QED) is 0.790. The van der Waals surface area contributed by atoms with Crippen LogP contribution in [0.1, 0.15) is 54.9 Å². The number of likely N-dealkylation sites (tertiary alicyclic amines) is 2. The molecule has 2 aliphatic heterocycles. The number of ketones is 1. The first-order valence-electron chi connectivity index (χ1n) is 10.2. The third-order valence-electron chi connectivity index (χ3n) is 6.67. The van der Waals surface area contributed by atoms with Crippen molar-refractivity contribution in [1.29, 1.82) is 0 Å². The number of benzene rings is 1. The van der Waals surface area contributed by atoms with Gasteiger partial charge in [-0.1, -0.05) is 18.2 Å². The largest absolute Gasteiger partial charge is 0.480 e. The molecule has 1 saturated carbocycles. The first-order chi connectivity index (χ1) is 13.4. The third kappa shape index (κ3) is 3.83. The Morgan fingerprint density at radius 2 is 1.89 bits per heavy atom. The van der Waals surface area contributed by atoms with Crippen molar-refractivity contribution in [2.24, 2.45) is 11.3 Å². The lowest BCUT2D eigenvalue weighted by Gasteiger charge is -2.39. The van der Waals surface area contributed by atoms with Gasteiger partial charge in [-0.25, -0.2) is 0 Å². The van der Waals surface area contributed by atoms with E-state index >= 15 is 0 Å². The number of carbonyl (C=O) groups is 3. The van der Waals surface area contributed by atoms with Gasteiger partial charge in [-0.15, -0.1) is 0 Å². The van der Waals surface area contributed by atoms with E-state index in [4.69, 9.17) is 0 Å². The van der Waals surface area contributed by atoms with Crippen molar-refractivity contribution in [2.45, 2.75) is 51.6 Å². The molecule has 1 N–H and O–H groups in total. The van der Waals surface area contributed by atoms with Crippen LogP contribution in [0.2, 0.25) is 0 Å². The van der Waals surface area contributed by atoms with Gasteiger partial charge >= 0.3 is 5.97 Å². The first kappa shape index (κ1) is 19.1. The van der Waals surface area contributed by atoms with Gasteiger partial charge in [0.05, 0.1) is 0 Å². The van der Waals surface area contributed by atoms with E-state index in [1.165, 1.54) is 0 Å². The van der Waals surface area contributed by atoms with Gasteiger partial charge in [-0.3, -0.25) is 19.3 Å². The summed E-state index contributed by atoms with van der Waals surface area (Å²) in [6, 6.07) is 6.96. The summed E-state index contributed by atoms with van der Waals surface area (Å²) in [4.78, 5) is 39.9. The number of carbonyl (C=O) groups excluding carboxylic acids is 2. The van der Waals surface area contributed by atoms with Crippen molar-refractivity contribution in [3.8, 4) is 0 Å². The molecule has 6 nitrogen and oxygen atoms in total. The van der Waals surface area contributed by atoms with Gasteiger partial charge < -0.3 is 10.0 Å². The summed E-state index contributed by atoms with van der Waals surface area (Å²) < 4.78 is 0. The lowest BCUT2D eigenvalue weighted by molar-refractivity contribution is -0.142. The standard InChI is InChI=1S/C22H28N2O4/c1-15(25)18-4-2-3-16(11-18)13-24-14-22(12-19(24)21(27)28)7-9-23(10-8-22)20(26)17-5-6-17/h2-4,11,17,19H,5-10,12-14H2,1H3,(H,27,28)/t19-/m1/s1. The second kappa shape index (κ2) is 7.32. The number of piperidine rings is 1. The summed E-state index contributed by atoms with van der Waals surface area (Å²) in [5.74, 6) is -0.228. The summed E-state index contributed by atoms with van der Waals surface area (Å²) in [5.41, 5.74) is 1.60. The Bertz CT molecular complexity index is 793. The highest BCUT2D eigenvalue weighted by Gasteiger charge is 2.49. The molecule has 4 rings (SSSR count). The monoisotopic (exact) mass is 384 g/mol. The Morgan fingerprint density at radius 1 is 1.18 bits per heavy atom. The van der Waals surface area contributed by atoms with Gasteiger partial charge in [0, 0.05) is 37.7 Å². The molecule has 2 heterocycles. The predicted molar refractivity (Wildman–Crippen MR) is 104 cm³/mol. The number of Topliss-reactive ketones (excluding diaryl/α,β-unsaturated/α-hetero) is 1. The normalized spacial score (nSPS) is 24.5. The summed E-state index contributed by atoms with van der Waals surface area (Å²) in [6.45, 7) is 4.30. The number of aliphatic carboxylic acids is 1. The highest BCUT2D eigenvalue weighted by atomic mass is 16.4. The van der Waals surface area contributed by atoms with Crippen LogP contribution in [0.25, 0.3) is 0 Å². The molecule has 6 heteroatoms. The molecule has 0 unspecified atom stereocenters. The molecular weight excluding hydrogens is 356 g/mol. The minimum atomic E-state index is -0.781. The number of hydrogen-bond acceptors (Lipinski definition) is 4. The Balaban J connectivity index is 1.45. The van der Waals surface area contributed by atoms with Crippen molar-refractivity contribution in [1.82, 2.24) is 9.80 Å². The van der Waals surface area contributed by atoms with E-state index in [1.54, 1.807) is 13.0 Å². The number of amides is 1. The fourth-order valence-corrected chi connectivity index (χ4v) is 4.83. The van der Waals surface area contributed by atoms with E-state index in [1.807, 2.05) is 28.0 Å². The molecule has 1 aliphatic carbocycles. The molecule has 150 valence electrons. The van der Waals surface area contributed by atoms with Crippen LogP contribution < -0.4 is 0 Å². The SMILES string of the molecule is CC(=O)c1cccc(CN2CC3(CCN(C(=O)C4CC4)CC3)C[C@@H]2C(=O)O)c1. The molecule has 3 fully saturated rings. The van der Waals surface area contributed by atoms with Crippen molar-refractivity contribution in [3.05, 3.63) is 35.4 Å². The fourth-order valence-electron chi connectivity index (χ4n) is 4.83. The molecule has 3 aliphatic rings. The number of carboxylic acids is 1. The van der Waals surface area contributed by atoms with Crippen LogP contribution in [-0.4, -0.2) is 58.2 Å². The predicted octanol–water partition coefficient (Wildman–Crippen LogP) is 2.57. The second-order valence-corrected chi connectivity index (χ2v) is 8.82. The Hall–Kier alpha value is -2.21. The number of carboxylic acid groups (broad SMARTS) is 1. The molecule has 1 spiro atoms. The highest BCUT2D eigenvalue weighted by molar-refractivity contribution is 5.94. The number of nitrogens with zero attached hydrogens (tertiary/aromatic N) is 2. The molecule has 0 bridgehead atoms. The topological polar surface area (TPSA) is 77.9 Å². The fraction of sp³-hybridized carbons (Fsp3) is 0.591. The van der Waals surface area contributed by atoms with E-state index in [9.17, 15) is 19.5 Å². The van der Waals surface area contributed by atoms with Gasteiger partial charge in [0.25, 0.3) is 0 Å². The van der Waals surface area contributed by atoms with Crippen molar-refractivity contribution >= 4 is 17.7 Å². The molecule has 1 aromatic carbocycles. The Labute approximate surface area is 165 Å². The van der Waals surface area contributed by atoms with Crippen LogP contribution in [0, 0.1) is 11.3 Å². The molecular formula is C22H28N2O4. The second-order valence-electron chi connectivity index (χ2n) is 8.82. The Kier molecular flexibility index (Phi) is 5.00. The molecule has 0 radical (unpaired) electrons. The highest BCUT2D eigenvalue weighted by Crippen LogP contribution is 2.45. The van der Waals surface area contributed by atoms with Crippen LogP contribution in [-0.2, 0) is 16.1 Å². The molecule has 1 amide bonds. The lowest BCUT2D eigenvalue weighted by atomic mass is 9.76. The third-order valence-corrected chi connectivity index (χ3v) is 6.67. The number of hydrogen-bond donors (Lipinski definition) is 1. The molecule has 2 saturated heterocycles. The number of rotatable bonds is 5. The van der Waals surface area contributed by atoms with E-state index in [0.29, 0.717) is 24.4 Å². The summed E-state index contributed by atoms with van der Waals surface area (Å²) in [7, 11) is 0. The lowest BCUT2D eigenvalue weighted by Crippen LogP contribution is -2.44. The summed E-state index contributed by atoms with van der Waals surface area (Å²) in [6.07, 6.45) is 4.43. The van der Waals surface area contributed by atoms with Crippen LogP contribution in [0.15, 0.2) is 24.3 Å². The van der Waals surface area contributed by atoms with Crippen LogP contribution in [0.4, 0.5) is 0 Å². The first-order valence-corrected chi connectivity index (χ1v) is 10.2. The molecule has 1 aromatic rings. The average Bonchev–Trinajstić information content (AvgIpc) is 3.46. The van der Waals surface area contributed by atoms with Crippen LogP contribution in [0.5, 0.6) is 0 Å². The van der Waals surface area contributed by atoms with Gasteiger partial charge in [-0.2, -0.15) is 0 Å². The molecule has 0 aromatic heterocycles. The van der Waals surface area contributed by atoms with E-state index < -0.39 is 12.0 Å². The molecule has 28 heavy (non-hydrogen) atoms. The van der Waals surface area contributed by atoms with Gasteiger partial charge in [-0.05, 0) is 56.1 Å². The smallest absolute Gasteiger partial charge is 0.320 e. The maximum atomic E-state index is 12.3. The van der Waals surface area contributed by atoms with Crippen molar-refractivity contribution < 1.29 is 19.5 Å². The van der Waals surface area contributed by atoms with Crippen molar-refractivity contribution in [2.75, 3.05) is 19.6 Å². The van der Waals surface area contributed by atoms with Crippen LogP contribution in [0.3, 0.4) is 0 Å². The summed E-state index contributed by atoms with van der Waals surface area (Å²) >= 11 is 0. The van der Waals surface area contributed by atoms with E-state index in [-0.39, 0.29) is 17.1 Å². The minimum absolute atomic E-state index is 0.0160. The van der Waals surface area contributed by atoms with Gasteiger partial charge in [0.1, 0.15) is 6.04 Å². The zero-order chi connectivity index (χ0) is 19.9. The molecule has 1 atom stereocenters. The van der Waals surface area contributed by atoms with Gasteiger partial charge in [0.15, 0.2) is 5.78 Å². The maximum absolute atomic E-state index is 12.3. The minimum Gasteiger partial charge on any atom is -0.480 e.